The Kier molecular flexibility index (Phi) is 6.53. The quantitative estimate of drug-likeness (QED) is 0.809. The highest BCUT2D eigenvalue weighted by Crippen LogP contribution is 2.21. The maximum Gasteiger partial charge on any atom is 0.240 e. The van der Waals surface area contributed by atoms with E-state index in [1.165, 1.54) is 6.42 Å². The Balaban J connectivity index is 1.75. The molecule has 2 N–H and O–H groups in total. The number of carbonyl (C=O) groups is 2. The third kappa shape index (κ3) is 5.80. The average molecular weight is 329 g/mol. The van der Waals surface area contributed by atoms with Gasteiger partial charge in [0.1, 0.15) is 0 Å². The van der Waals surface area contributed by atoms with E-state index in [4.69, 9.17) is 0 Å². The number of aryl methyl sites for hydroxylation is 2. The van der Waals surface area contributed by atoms with Crippen molar-refractivity contribution in [3.05, 3.63) is 29.3 Å². The van der Waals surface area contributed by atoms with Crippen LogP contribution in [0.3, 0.4) is 0 Å². The zero-order chi connectivity index (χ0) is 17.5. The van der Waals surface area contributed by atoms with E-state index in [1.54, 1.807) is 0 Å². The van der Waals surface area contributed by atoms with Crippen LogP contribution in [0.1, 0.15) is 56.6 Å². The summed E-state index contributed by atoms with van der Waals surface area (Å²) in [6, 6.07) is 5.86. The van der Waals surface area contributed by atoms with E-state index in [0.29, 0.717) is 5.92 Å². The summed E-state index contributed by atoms with van der Waals surface area (Å²) >= 11 is 0. The molecule has 1 aromatic carbocycles. The zero-order valence-corrected chi connectivity index (χ0v) is 14.8. The fourth-order valence-electron chi connectivity index (χ4n) is 2.95. The van der Waals surface area contributed by atoms with Gasteiger partial charge in [0.25, 0.3) is 0 Å². The van der Waals surface area contributed by atoms with Crippen molar-refractivity contribution < 1.29 is 9.59 Å². The molecule has 2 rings (SSSR count). The third-order valence-electron chi connectivity index (χ3n) is 4.32. The molecular weight excluding hydrogens is 302 g/mol. The molecule has 1 aromatic rings. The molecular formula is C19H27N3O2. The van der Waals surface area contributed by atoms with Gasteiger partial charge >= 0.3 is 0 Å². The van der Waals surface area contributed by atoms with E-state index >= 15 is 0 Å². The zero-order valence-electron chi connectivity index (χ0n) is 14.8. The van der Waals surface area contributed by atoms with Crippen LogP contribution in [-0.4, -0.2) is 17.5 Å². The second-order valence-electron chi connectivity index (χ2n) is 6.78. The van der Waals surface area contributed by atoms with Crippen molar-refractivity contribution in [2.45, 2.75) is 59.3 Å². The second-order valence-corrected chi connectivity index (χ2v) is 6.78. The molecule has 0 radical (unpaired) electrons. The highest BCUT2D eigenvalue weighted by atomic mass is 16.2. The van der Waals surface area contributed by atoms with E-state index < -0.39 is 0 Å². The van der Waals surface area contributed by atoms with E-state index in [0.717, 1.165) is 41.8 Å². The summed E-state index contributed by atoms with van der Waals surface area (Å²) in [5.74, 6) is 0.269. The van der Waals surface area contributed by atoms with Crippen molar-refractivity contribution in [1.82, 2.24) is 5.43 Å². The van der Waals surface area contributed by atoms with Crippen LogP contribution < -0.4 is 10.7 Å². The molecule has 1 atom stereocenters. The van der Waals surface area contributed by atoms with Gasteiger partial charge in [-0.2, -0.15) is 5.10 Å². The van der Waals surface area contributed by atoms with Gasteiger partial charge in [0.2, 0.25) is 11.8 Å². The van der Waals surface area contributed by atoms with Gasteiger partial charge in [0.05, 0.1) is 0 Å². The van der Waals surface area contributed by atoms with Crippen LogP contribution in [0.2, 0.25) is 0 Å². The number of benzene rings is 1. The SMILES string of the molecule is Cc1ccc(NC(=O)CCC(=O)NN=C2CCCC(C)C2)c(C)c1. The van der Waals surface area contributed by atoms with Crippen molar-refractivity contribution in [2.24, 2.45) is 11.0 Å². The molecule has 0 saturated heterocycles. The molecule has 5 nitrogen and oxygen atoms in total. The Labute approximate surface area is 143 Å². The van der Waals surface area contributed by atoms with Crippen LogP contribution in [0.15, 0.2) is 23.3 Å². The standard InChI is InChI=1S/C19H27N3O2/c1-13-5-4-6-16(12-13)21-22-19(24)10-9-18(23)20-17-8-7-14(2)11-15(17)3/h7-8,11,13H,4-6,9-10,12H2,1-3H3,(H,20,23)(H,22,24). The normalized spacial score (nSPS) is 19.1. The summed E-state index contributed by atoms with van der Waals surface area (Å²) in [5.41, 5.74) is 6.60. The van der Waals surface area contributed by atoms with E-state index in [9.17, 15) is 9.59 Å². The smallest absolute Gasteiger partial charge is 0.240 e. The summed E-state index contributed by atoms with van der Waals surface area (Å²) in [6.45, 7) is 6.17. The molecule has 0 aromatic heterocycles. The van der Waals surface area contributed by atoms with Crippen LogP contribution in [0.4, 0.5) is 5.69 Å². The molecule has 24 heavy (non-hydrogen) atoms. The Hall–Kier alpha value is -2.17. The van der Waals surface area contributed by atoms with Crippen molar-refractivity contribution in [3.8, 4) is 0 Å². The van der Waals surface area contributed by atoms with Gasteiger partial charge in [-0.3, -0.25) is 9.59 Å². The minimum absolute atomic E-state index is 0.142. The van der Waals surface area contributed by atoms with E-state index in [2.05, 4.69) is 22.8 Å². The molecule has 0 bridgehead atoms. The Morgan fingerprint density at radius 2 is 1.96 bits per heavy atom. The molecule has 1 aliphatic carbocycles. The number of hydrogen-bond acceptors (Lipinski definition) is 3. The molecule has 0 spiro atoms. The number of amides is 2. The fourth-order valence-corrected chi connectivity index (χ4v) is 2.95. The largest absolute Gasteiger partial charge is 0.326 e. The summed E-state index contributed by atoms with van der Waals surface area (Å²) in [6.07, 6.45) is 4.56. The van der Waals surface area contributed by atoms with Gasteiger partial charge in [-0.15, -0.1) is 0 Å². The van der Waals surface area contributed by atoms with Crippen molar-refractivity contribution >= 4 is 23.2 Å². The monoisotopic (exact) mass is 329 g/mol. The molecule has 0 heterocycles. The summed E-state index contributed by atoms with van der Waals surface area (Å²) in [4.78, 5) is 23.8. The summed E-state index contributed by atoms with van der Waals surface area (Å²) in [5, 5.41) is 7.05. The minimum Gasteiger partial charge on any atom is -0.326 e. The Morgan fingerprint density at radius 1 is 1.21 bits per heavy atom. The first-order valence-electron chi connectivity index (χ1n) is 8.65. The maximum absolute atomic E-state index is 12.0. The number of nitrogens with zero attached hydrogens (tertiary/aromatic N) is 1. The molecule has 130 valence electrons. The third-order valence-corrected chi connectivity index (χ3v) is 4.32. The van der Waals surface area contributed by atoms with Gasteiger partial charge in [0.15, 0.2) is 0 Å². The lowest BCUT2D eigenvalue weighted by Crippen LogP contribution is -2.23. The van der Waals surface area contributed by atoms with Gasteiger partial charge < -0.3 is 5.32 Å². The van der Waals surface area contributed by atoms with Crippen LogP contribution in [0, 0.1) is 19.8 Å². The minimum atomic E-state index is -0.212. The molecule has 0 aliphatic heterocycles. The van der Waals surface area contributed by atoms with Crippen molar-refractivity contribution in [1.29, 1.82) is 0 Å². The van der Waals surface area contributed by atoms with Gasteiger partial charge in [-0.25, -0.2) is 5.43 Å². The number of carbonyl (C=O) groups excluding carboxylic acids is 2. The molecule has 1 saturated carbocycles. The molecule has 2 amide bonds. The fraction of sp³-hybridized carbons (Fsp3) is 0.526. The number of hydrogen-bond donors (Lipinski definition) is 2. The van der Waals surface area contributed by atoms with Crippen LogP contribution >= 0.6 is 0 Å². The molecule has 1 aliphatic rings. The maximum atomic E-state index is 12.0. The first kappa shape index (κ1) is 18.2. The highest BCUT2D eigenvalue weighted by molar-refractivity contribution is 5.94. The van der Waals surface area contributed by atoms with Crippen LogP contribution in [0.25, 0.3) is 0 Å². The lowest BCUT2D eigenvalue weighted by molar-refractivity contribution is -0.124. The molecule has 1 fully saturated rings. The highest BCUT2D eigenvalue weighted by Gasteiger charge is 2.14. The number of nitrogens with one attached hydrogen (secondary N) is 2. The van der Waals surface area contributed by atoms with Gasteiger partial charge in [-0.1, -0.05) is 24.6 Å². The van der Waals surface area contributed by atoms with E-state index in [1.807, 2.05) is 32.0 Å². The van der Waals surface area contributed by atoms with Crippen LogP contribution in [-0.2, 0) is 9.59 Å². The topological polar surface area (TPSA) is 70.6 Å². The van der Waals surface area contributed by atoms with Crippen LogP contribution in [0.5, 0.6) is 0 Å². The number of rotatable bonds is 5. The molecule has 1 unspecified atom stereocenters. The second kappa shape index (κ2) is 8.62. The van der Waals surface area contributed by atoms with Crippen molar-refractivity contribution in [2.75, 3.05) is 5.32 Å². The lowest BCUT2D eigenvalue weighted by Gasteiger charge is -2.18. The Morgan fingerprint density at radius 3 is 2.67 bits per heavy atom. The average Bonchev–Trinajstić information content (AvgIpc) is 2.54. The summed E-state index contributed by atoms with van der Waals surface area (Å²) in [7, 11) is 0. The Bertz CT molecular complexity index is 637. The predicted molar refractivity (Wildman–Crippen MR) is 97.0 cm³/mol. The first-order valence-corrected chi connectivity index (χ1v) is 8.65. The first-order chi connectivity index (χ1) is 11.4. The predicted octanol–water partition coefficient (Wildman–Crippen LogP) is 3.70. The summed E-state index contributed by atoms with van der Waals surface area (Å²) < 4.78 is 0. The lowest BCUT2D eigenvalue weighted by atomic mass is 9.89. The van der Waals surface area contributed by atoms with Gasteiger partial charge in [0, 0.05) is 24.2 Å². The molecule has 5 heteroatoms. The number of anilines is 1. The van der Waals surface area contributed by atoms with Gasteiger partial charge in [-0.05, 0) is 57.1 Å². The van der Waals surface area contributed by atoms with E-state index in [-0.39, 0.29) is 24.7 Å². The van der Waals surface area contributed by atoms with Crippen molar-refractivity contribution in [3.63, 3.8) is 0 Å². The number of hydrazone groups is 1.